The van der Waals surface area contributed by atoms with Crippen molar-refractivity contribution in [2.45, 2.75) is 12.5 Å². The number of hydrogen-bond donors (Lipinski definition) is 1. The second kappa shape index (κ2) is 9.34. The van der Waals surface area contributed by atoms with E-state index in [0.29, 0.717) is 5.30 Å². The molecule has 0 heterocycles. The average Bonchev–Trinajstić information content (AvgIpc) is 2.72. The molecule has 0 spiro atoms. The molecule has 0 saturated heterocycles. The third kappa shape index (κ3) is 4.85. The Kier molecular flexibility index (Phi) is 7.05. The number of benzene rings is 3. The number of halogens is 2. The summed E-state index contributed by atoms with van der Waals surface area (Å²) in [7, 11) is 0.0451. The van der Waals surface area contributed by atoms with E-state index in [2.05, 4.69) is 0 Å². The Bertz CT molecular complexity index is 990. The van der Waals surface area contributed by atoms with E-state index in [0.717, 1.165) is 11.3 Å². The summed E-state index contributed by atoms with van der Waals surface area (Å²) in [5.41, 5.74) is 1.98. The molecule has 2 atom stereocenters. The third-order valence-corrected chi connectivity index (χ3v) is 7.66. The van der Waals surface area contributed by atoms with Crippen molar-refractivity contribution in [1.82, 2.24) is 0 Å². The molecule has 0 aliphatic heterocycles. The maximum atomic E-state index is 14.1. The summed E-state index contributed by atoms with van der Waals surface area (Å²) >= 11 is 12.5. The second-order valence-electron chi connectivity index (χ2n) is 6.78. The van der Waals surface area contributed by atoms with Crippen molar-refractivity contribution in [3.8, 4) is 0 Å². The topological polar surface area (TPSA) is 49.8 Å². The summed E-state index contributed by atoms with van der Waals surface area (Å²) in [6.07, 6.45) is 0. The maximum absolute atomic E-state index is 14.1. The molecule has 0 fully saturated rings. The first-order chi connectivity index (χ1) is 13.8. The summed E-state index contributed by atoms with van der Waals surface area (Å²) in [6.45, 7) is 0.0761. The monoisotopic (exact) mass is 449 g/mol. The first-order valence-electron chi connectivity index (χ1n) is 9.01. The van der Waals surface area contributed by atoms with Crippen molar-refractivity contribution in [1.29, 1.82) is 0 Å². The van der Waals surface area contributed by atoms with Crippen molar-refractivity contribution >= 4 is 41.6 Å². The fraction of sp³-hybridized carbons (Fsp3) is 0.182. The van der Waals surface area contributed by atoms with E-state index < -0.39 is 13.2 Å². The largest absolute Gasteiger partial charge is 0.378 e. The molecule has 3 aromatic rings. The van der Waals surface area contributed by atoms with E-state index in [1.165, 1.54) is 0 Å². The van der Waals surface area contributed by atoms with Crippen molar-refractivity contribution < 1.29 is 14.2 Å². The lowest BCUT2D eigenvalue weighted by molar-refractivity contribution is 0.210. The van der Waals surface area contributed by atoms with Crippen LogP contribution in [-0.4, -0.2) is 19.2 Å². The third-order valence-electron chi connectivity index (χ3n) is 4.57. The van der Waals surface area contributed by atoms with Crippen molar-refractivity contribution in [3.05, 3.63) is 94.0 Å². The highest BCUT2D eigenvalue weighted by molar-refractivity contribution is 7.67. The smallest absolute Gasteiger partial charge is 0.264 e. The lowest BCUT2D eigenvalue weighted by Gasteiger charge is -2.26. The Morgan fingerprint density at radius 3 is 2.07 bits per heavy atom. The predicted molar refractivity (Wildman–Crippen MR) is 121 cm³/mol. The summed E-state index contributed by atoms with van der Waals surface area (Å²) in [6, 6.07) is 21.3. The highest BCUT2D eigenvalue weighted by Crippen LogP contribution is 2.60. The van der Waals surface area contributed by atoms with Crippen LogP contribution in [0.25, 0.3) is 0 Å². The number of aliphatic hydroxyl groups is 1. The van der Waals surface area contributed by atoms with E-state index in [-0.39, 0.29) is 22.2 Å². The zero-order valence-corrected chi connectivity index (χ0v) is 18.5. The highest BCUT2D eigenvalue weighted by atomic mass is 35.5. The van der Waals surface area contributed by atoms with Crippen LogP contribution in [0.3, 0.4) is 0 Å². The molecule has 1 N–H and O–H groups in total. The normalized spacial score (nSPS) is 14.2. The van der Waals surface area contributed by atoms with Gasteiger partial charge in [0, 0.05) is 40.7 Å². The van der Waals surface area contributed by atoms with Gasteiger partial charge in [-0.05, 0) is 42.0 Å². The van der Waals surface area contributed by atoms with Gasteiger partial charge in [-0.1, -0.05) is 59.6 Å². The number of nitrogens with zero attached hydrogens (tertiary/aromatic N) is 1. The van der Waals surface area contributed by atoms with Gasteiger partial charge in [0.25, 0.3) is 7.37 Å². The molecule has 29 heavy (non-hydrogen) atoms. The molecule has 0 bridgehead atoms. The van der Waals surface area contributed by atoms with Crippen LogP contribution in [-0.2, 0) is 15.7 Å². The fourth-order valence-corrected chi connectivity index (χ4v) is 5.77. The van der Waals surface area contributed by atoms with Crippen LogP contribution in [0.4, 0.5) is 5.69 Å². The standard InChI is InChI=1S/C22H22Cl2NO3P/c1-25(2)17-11-13-18(14-12-17)29(27,28-15-16-7-4-3-5-8-16)22(26)21-19(23)9-6-10-20(21)24/h3-14,22,26H,15H2,1-2H3/t22-,29-/m1/s1. The van der Waals surface area contributed by atoms with Crippen molar-refractivity contribution in [2.24, 2.45) is 0 Å². The SMILES string of the molecule is CN(C)c1ccc([P@@](=O)(OCc2ccccc2)[C@@H](O)c2c(Cl)cccc2Cl)cc1. The van der Waals surface area contributed by atoms with E-state index in [9.17, 15) is 9.67 Å². The molecule has 4 nitrogen and oxygen atoms in total. The Labute approximate surface area is 181 Å². The Hall–Kier alpha value is -1.81. The van der Waals surface area contributed by atoms with E-state index in [1.54, 1.807) is 30.3 Å². The Morgan fingerprint density at radius 1 is 0.931 bits per heavy atom. The predicted octanol–water partition coefficient (Wildman–Crippen LogP) is 5.87. The Balaban J connectivity index is 2.04. The summed E-state index contributed by atoms with van der Waals surface area (Å²) < 4.78 is 20.0. The molecule has 0 aliphatic rings. The van der Waals surface area contributed by atoms with Crippen molar-refractivity contribution in [2.75, 3.05) is 19.0 Å². The van der Waals surface area contributed by atoms with E-state index >= 15 is 0 Å². The van der Waals surface area contributed by atoms with Gasteiger partial charge in [-0.15, -0.1) is 0 Å². The van der Waals surface area contributed by atoms with Crippen LogP contribution >= 0.6 is 30.6 Å². The summed E-state index contributed by atoms with van der Waals surface area (Å²) in [5, 5.41) is 12.0. The van der Waals surface area contributed by atoms with Gasteiger partial charge in [-0.25, -0.2) is 0 Å². The van der Waals surface area contributed by atoms with Gasteiger partial charge in [0.15, 0.2) is 5.85 Å². The zero-order valence-electron chi connectivity index (χ0n) is 16.1. The molecule has 0 amide bonds. The number of rotatable bonds is 7. The molecule has 152 valence electrons. The van der Waals surface area contributed by atoms with Gasteiger partial charge in [-0.2, -0.15) is 0 Å². The molecule has 0 radical (unpaired) electrons. The summed E-state index contributed by atoms with van der Waals surface area (Å²) in [5.74, 6) is -1.50. The number of aliphatic hydroxyl groups excluding tert-OH is 1. The first-order valence-corrected chi connectivity index (χ1v) is 11.5. The molecule has 0 unspecified atom stereocenters. The first kappa shape index (κ1) is 21.9. The zero-order chi connectivity index (χ0) is 21.0. The van der Waals surface area contributed by atoms with Gasteiger partial charge in [0.2, 0.25) is 0 Å². The lowest BCUT2D eigenvalue weighted by Crippen LogP contribution is -2.16. The van der Waals surface area contributed by atoms with Gasteiger partial charge >= 0.3 is 0 Å². The molecule has 0 aliphatic carbocycles. The second-order valence-corrected chi connectivity index (χ2v) is 10.0. The van der Waals surface area contributed by atoms with Crippen LogP contribution in [0, 0.1) is 0 Å². The van der Waals surface area contributed by atoms with Gasteiger partial charge in [0.05, 0.1) is 6.61 Å². The van der Waals surface area contributed by atoms with E-state index in [1.807, 2.05) is 61.5 Å². The lowest BCUT2D eigenvalue weighted by atomic mass is 10.2. The number of anilines is 1. The molecule has 3 aromatic carbocycles. The van der Waals surface area contributed by atoms with Gasteiger partial charge in [0.1, 0.15) is 0 Å². The summed E-state index contributed by atoms with van der Waals surface area (Å²) in [4.78, 5) is 1.93. The minimum atomic E-state index is -3.79. The van der Waals surface area contributed by atoms with Crippen molar-refractivity contribution in [3.63, 3.8) is 0 Å². The van der Waals surface area contributed by atoms with Crippen LogP contribution in [0.15, 0.2) is 72.8 Å². The average molecular weight is 450 g/mol. The van der Waals surface area contributed by atoms with Gasteiger partial charge < -0.3 is 14.5 Å². The number of hydrogen-bond acceptors (Lipinski definition) is 4. The fourth-order valence-electron chi connectivity index (χ4n) is 2.92. The minimum absolute atomic E-state index is 0.0761. The van der Waals surface area contributed by atoms with Crippen LogP contribution in [0.5, 0.6) is 0 Å². The van der Waals surface area contributed by atoms with Gasteiger partial charge in [-0.3, -0.25) is 4.57 Å². The highest BCUT2D eigenvalue weighted by Gasteiger charge is 2.38. The van der Waals surface area contributed by atoms with Crippen LogP contribution in [0.2, 0.25) is 10.0 Å². The maximum Gasteiger partial charge on any atom is 0.264 e. The molecule has 7 heteroatoms. The Morgan fingerprint density at radius 2 is 1.52 bits per heavy atom. The van der Waals surface area contributed by atoms with E-state index in [4.69, 9.17) is 27.7 Å². The van der Waals surface area contributed by atoms with Crippen LogP contribution < -0.4 is 10.2 Å². The molecular formula is C22H22Cl2NO3P. The minimum Gasteiger partial charge on any atom is -0.378 e. The molecule has 0 aromatic heterocycles. The quantitative estimate of drug-likeness (QED) is 0.458. The molecular weight excluding hydrogens is 428 g/mol. The van der Waals surface area contributed by atoms with Crippen LogP contribution in [0.1, 0.15) is 17.0 Å². The molecule has 0 saturated carbocycles. The molecule has 3 rings (SSSR count).